The number of rotatable bonds is 10. The normalized spacial score (nSPS) is 21.0. The molecule has 1 aliphatic carbocycles. The summed E-state index contributed by atoms with van der Waals surface area (Å²) in [6.45, 7) is 15.0. The third-order valence-corrected chi connectivity index (χ3v) is 9.23. The summed E-state index contributed by atoms with van der Waals surface area (Å²) < 4.78 is 7.45. The highest BCUT2D eigenvalue weighted by molar-refractivity contribution is 6.35. The Morgan fingerprint density at radius 3 is 2.45 bits per heavy atom. The number of terminal acetylenes is 1. The van der Waals surface area contributed by atoms with Crippen LogP contribution in [0.5, 0.6) is 0 Å². The third-order valence-electron chi connectivity index (χ3n) is 8.47. The zero-order valence-corrected chi connectivity index (χ0v) is 27.8. The lowest BCUT2D eigenvalue weighted by Crippen LogP contribution is -2.50. The lowest BCUT2D eigenvalue weighted by molar-refractivity contribution is -0.130. The summed E-state index contributed by atoms with van der Waals surface area (Å²) in [6, 6.07) is 0. The Morgan fingerprint density at radius 1 is 1.18 bits per heavy atom. The minimum atomic E-state index is -0.00492. The summed E-state index contributed by atoms with van der Waals surface area (Å²) in [5.74, 6) is 4.24. The molecule has 1 aromatic heterocycles. The second-order valence-electron chi connectivity index (χ2n) is 11.3. The molecule has 0 spiro atoms. The smallest absolute Gasteiger partial charge is 0.242 e. The van der Waals surface area contributed by atoms with E-state index in [2.05, 4.69) is 40.1 Å². The molecule has 3 heterocycles. The van der Waals surface area contributed by atoms with E-state index in [0.29, 0.717) is 48.5 Å². The standard InChI is InChI=1S/C33H45Cl2N7O2/c1-6-24(5)42-29(8-3)38-31(26-10-9-25(19-23(26)4)22-39-15-17-44-18-16-39)33(42)37-21-30(43)40-11-13-41(14-12-40)32(27(34)7-2)28(35)20-36/h3,6,9-10,20,23,37H,7,11-19,21-22,36H2,1-2,4-5H3/b24-6-,28-20+,32-27-. The maximum Gasteiger partial charge on any atom is 0.242 e. The van der Waals surface area contributed by atoms with Gasteiger partial charge in [-0.3, -0.25) is 14.3 Å². The van der Waals surface area contributed by atoms with E-state index in [0.717, 1.165) is 67.7 Å². The molecule has 0 bridgehead atoms. The number of hydrogen-bond donors (Lipinski definition) is 2. The second kappa shape index (κ2) is 15.7. The number of anilines is 1. The number of ether oxygens (including phenoxy) is 1. The SMILES string of the molecule is C#Cc1nc(C2=CC=C(CN3CCOCC3)CC2C)c(NCC(=O)N2CCN(C(=C(\Cl)CC)/C(Cl)=C\N)CC2)n1/C(C)=C\C. The fourth-order valence-corrected chi connectivity index (χ4v) is 6.43. The van der Waals surface area contributed by atoms with Gasteiger partial charge in [0.1, 0.15) is 11.5 Å². The van der Waals surface area contributed by atoms with Gasteiger partial charge in [-0.25, -0.2) is 4.98 Å². The van der Waals surface area contributed by atoms with Gasteiger partial charge in [-0.05, 0) is 44.1 Å². The first-order valence-electron chi connectivity index (χ1n) is 15.4. The van der Waals surface area contributed by atoms with E-state index in [-0.39, 0.29) is 18.4 Å². The van der Waals surface area contributed by atoms with Crippen LogP contribution >= 0.6 is 23.2 Å². The number of nitrogens with two attached hydrogens (primary N) is 1. The van der Waals surface area contributed by atoms with Crippen LogP contribution in [0, 0.1) is 18.3 Å². The molecular weight excluding hydrogens is 597 g/mol. The van der Waals surface area contributed by atoms with Crippen molar-refractivity contribution in [3.05, 3.63) is 57.3 Å². The Bertz CT molecular complexity index is 1400. The van der Waals surface area contributed by atoms with Gasteiger partial charge in [-0.1, -0.05) is 60.9 Å². The molecule has 1 atom stereocenters. The first-order chi connectivity index (χ1) is 21.2. The molecule has 0 saturated carbocycles. The van der Waals surface area contributed by atoms with E-state index in [1.54, 1.807) is 0 Å². The molecule has 0 aromatic carbocycles. The molecule has 0 radical (unpaired) electrons. The minimum Gasteiger partial charge on any atom is -0.403 e. The molecule has 44 heavy (non-hydrogen) atoms. The third kappa shape index (κ3) is 7.73. The molecule has 2 saturated heterocycles. The Morgan fingerprint density at radius 2 is 1.86 bits per heavy atom. The van der Waals surface area contributed by atoms with Crippen LogP contribution in [0.3, 0.4) is 0 Å². The summed E-state index contributed by atoms with van der Waals surface area (Å²) in [7, 11) is 0. The number of nitrogens with one attached hydrogen (secondary N) is 1. The molecule has 1 amide bonds. The molecule has 1 unspecified atom stereocenters. The van der Waals surface area contributed by atoms with Crippen LogP contribution in [0.25, 0.3) is 11.3 Å². The van der Waals surface area contributed by atoms with Crippen molar-refractivity contribution in [2.45, 2.75) is 40.5 Å². The number of piperazine rings is 1. The van der Waals surface area contributed by atoms with Gasteiger partial charge in [0.25, 0.3) is 0 Å². The lowest BCUT2D eigenvalue weighted by Gasteiger charge is -2.37. The molecular formula is C33H45Cl2N7O2. The lowest BCUT2D eigenvalue weighted by atomic mass is 9.86. The van der Waals surface area contributed by atoms with Crippen LogP contribution in [-0.2, 0) is 9.53 Å². The molecule has 2 fully saturated rings. The number of halogens is 2. The number of amides is 1. The van der Waals surface area contributed by atoms with Crippen molar-refractivity contribution in [3.63, 3.8) is 0 Å². The van der Waals surface area contributed by atoms with Crippen LogP contribution < -0.4 is 11.1 Å². The predicted octanol–water partition coefficient (Wildman–Crippen LogP) is 4.88. The number of morpholine rings is 1. The van der Waals surface area contributed by atoms with Crippen molar-refractivity contribution < 1.29 is 9.53 Å². The number of imidazole rings is 1. The molecule has 3 aliphatic rings. The van der Waals surface area contributed by atoms with E-state index < -0.39 is 0 Å². The maximum absolute atomic E-state index is 13.5. The van der Waals surface area contributed by atoms with Gasteiger partial charge in [-0.15, -0.1) is 6.42 Å². The quantitative estimate of drug-likeness (QED) is 0.278. The van der Waals surface area contributed by atoms with Gasteiger partial charge in [0.15, 0.2) is 5.82 Å². The monoisotopic (exact) mass is 641 g/mol. The van der Waals surface area contributed by atoms with E-state index in [1.165, 1.54) is 11.8 Å². The zero-order valence-electron chi connectivity index (χ0n) is 26.3. The van der Waals surface area contributed by atoms with Crippen LogP contribution in [0.15, 0.2) is 45.8 Å². The largest absolute Gasteiger partial charge is 0.403 e. The van der Waals surface area contributed by atoms with Gasteiger partial charge in [0.05, 0.1) is 30.5 Å². The Labute approximate surface area is 272 Å². The highest BCUT2D eigenvalue weighted by atomic mass is 35.5. The topological polar surface area (TPSA) is 91.9 Å². The second-order valence-corrected chi connectivity index (χ2v) is 12.2. The van der Waals surface area contributed by atoms with Gasteiger partial charge in [0.2, 0.25) is 5.91 Å². The Kier molecular flexibility index (Phi) is 12.0. The highest BCUT2D eigenvalue weighted by Crippen LogP contribution is 2.37. The van der Waals surface area contributed by atoms with Gasteiger partial charge in [-0.2, -0.15) is 0 Å². The number of carbonyl (C=O) groups excluding carboxylic acids is 1. The summed E-state index contributed by atoms with van der Waals surface area (Å²) in [4.78, 5) is 24.8. The number of allylic oxidation sites excluding steroid dienone is 7. The number of nitrogens with zero attached hydrogens (tertiary/aromatic N) is 5. The van der Waals surface area contributed by atoms with Crippen molar-refractivity contribution >= 4 is 46.2 Å². The fourth-order valence-electron chi connectivity index (χ4n) is 5.92. The molecule has 3 N–H and O–H groups in total. The van der Waals surface area contributed by atoms with Crippen molar-refractivity contribution in [3.8, 4) is 12.3 Å². The Balaban J connectivity index is 1.52. The number of hydrogen-bond acceptors (Lipinski definition) is 7. The van der Waals surface area contributed by atoms with Crippen LogP contribution in [-0.4, -0.2) is 95.7 Å². The van der Waals surface area contributed by atoms with E-state index in [1.807, 2.05) is 36.3 Å². The first kappa shape index (κ1) is 33.7. The fraction of sp³-hybridized carbons (Fsp3) is 0.515. The van der Waals surface area contributed by atoms with Crippen LogP contribution in [0.2, 0.25) is 0 Å². The van der Waals surface area contributed by atoms with Crippen molar-refractivity contribution in [2.24, 2.45) is 11.7 Å². The van der Waals surface area contributed by atoms with Crippen molar-refractivity contribution in [1.82, 2.24) is 24.3 Å². The molecule has 9 nitrogen and oxygen atoms in total. The molecule has 4 rings (SSSR count). The van der Waals surface area contributed by atoms with Crippen molar-refractivity contribution in [2.75, 3.05) is 70.9 Å². The summed E-state index contributed by atoms with van der Waals surface area (Å²) in [5, 5.41) is 4.49. The van der Waals surface area contributed by atoms with Crippen molar-refractivity contribution in [1.29, 1.82) is 0 Å². The highest BCUT2D eigenvalue weighted by Gasteiger charge is 2.28. The van der Waals surface area contributed by atoms with Crippen LogP contribution in [0.4, 0.5) is 5.82 Å². The van der Waals surface area contributed by atoms with E-state index in [4.69, 9.17) is 45.1 Å². The molecule has 1 aromatic rings. The van der Waals surface area contributed by atoms with Crippen LogP contribution in [0.1, 0.15) is 52.1 Å². The predicted molar refractivity (Wildman–Crippen MR) is 181 cm³/mol. The average Bonchev–Trinajstić information content (AvgIpc) is 3.42. The average molecular weight is 643 g/mol. The summed E-state index contributed by atoms with van der Waals surface area (Å²) in [6.07, 6.45) is 15.3. The summed E-state index contributed by atoms with van der Waals surface area (Å²) in [5.41, 5.74) is 10.7. The van der Waals surface area contributed by atoms with Gasteiger partial charge < -0.3 is 25.6 Å². The zero-order chi connectivity index (χ0) is 31.8. The molecule has 11 heteroatoms. The molecule has 238 valence electrons. The maximum atomic E-state index is 13.5. The number of carbonyl (C=O) groups is 1. The minimum absolute atomic E-state index is 0.00492. The van der Waals surface area contributed by atoms with E-state index in [9.17, 15) is 4.79 Å². The first-order valence-corrected chi connectivity index (χ1v) is 16.1. The summed E-state index contributed by atoms with van der Waals surface area (Å²) >= 11 is 12.9. The number of aromatic nitrogens is 2. The van der Waals surface area contributed by atoms with Gasteiger partial charge in [0, 0.05) is 62.7 Å². The van der Waals surface area contributed by atoms with E-state index >= 15 is 0 Å². The van der Waals surface area contributed by atoms with Gasteiger partial charge >= 0.3 is 0 Å². The Hall–Kier alpha value is -3.16. The molecule has 2 aliphatic heterocycles.